The quantitative estimate of drug-likeness (QED) is 0.728. The molecule has 1 fully saturated rings. The molecule has 1 aliphatic rings. The summed E-state index contributed by atoms with van der Waals surface area (Å²) in [6, 6.07) is 8.24. The molecule has 0 unspecified atom stereocenters. The number of aromatic nitrogens is 3. The van der Waals surface area contributed by atoms with Crippen LogP contribution in [-0.4, -0.2) is 20.6 Å². The van der Waals surface area contributed by atoms with Crippen molar-refractivity contribution in [1.82, 2.24) is 14.7 Å². The number of aryl methyl sites for hydroxylation is 1. The van der Waals surface area contributed by atoms with Crippen molar-refractivity contribution in [3.05, 3.63) is 63.3 Å². The molecule has 3 aromatic rings. The van der Waals surface area contributed by atoms with Crippen LogP contribution in [0.25, 0.3) is 11.5 Å². The molecule has 2 aromatic heterocycles. The fraction of sp³-hybridized carbons (Fsp3) is 0.263. The number of hydrogen-bond acceptors (Lipinski definition) is 5. The summed E-state index contributed by atoms with van der Waals surface area (Å²) in [5.74, 6) is 1.08. The van der Waals surface area contributed by atoms with Gasteiger partial charge in [0.25, 0.3) is 11.4 Å². The maximum Gasteiger partial charge on any atom is 0.259 e. The predicted molar refractivity (Wildman–Crippen MR) is 101 cm³/mol. The third kappa shape index (κ3) is 3.93. The maximum absolute atomic E-state index is 12.3. The molecule has 1 amide bonds. The molecule has 0 saturated heterocycles. The van der Waals surface area contributed by atoms with E-state index in [9.17, 15) is 9.59 Å². The first-order chi connectivity index (χ1) is 13.0. The first-order valence-electron chi connectivity index (χ1n) is 8.60. The third-order valence-electron chi connectivity index (χ3n) is 4.38. The number of pyridine rings is 1. The van der Waals surface area contributed by atoms with Gasteiger partial charge in [-0.3, -0.25) is 9.59 Å². The Labute approximate surface area is 160 Å². The minimum atomic E-state index is -0.335. The second-order valence-electron chi connectivity index (χ2n) is 6.63. The molecule has 1 aliphatic carbocycles. The van der Waals surface area contributed by atoms with Gasteiger partial charge in [0.2, 0.25) is 5.91 Å². The fourth-order valence-electron chi connectivity index (χ4n) is 2.67. The number of amides is 1. The molecule has 0 atom stereocenters. The first kappa shape index (κ1) is 17.5. The van der Waals surface area contributed by atoms with Crippen LogP contribution in [0.5, 0.6) is 0 Å². The van der Waals surface area contributed by atoms with E-state index in [2.05, 4.69) is 15.5 Å². The molecule has 1 aromatic carbocycles. The summed E-state index contributed by atoms with van der Waals surface area (Å²) in [4.78, 5) is 28.8. The predicted octanol–water partition coefficient (Wildman–Crippen LogP) is 3.38. The largest absolute Gasteiger partial charge is 0.334 e. The van der Waals surface area contributed by atoms with E-state index >= 15 is 0 Å². The number of anilines is 1. The Morgan fingerprint density at radius 1 is 1.33 bits per heavy atom. The molecule has 138 valence electrons. The van der Waals surface area contributed by atoms with Crippen LogP contribution in [0.3, 0.4) is 0 Å². The van der Waals surface area contributed by atoms with E-state index in [4.69, 9.17) is 16.1 Å². The standard InChI is InChI=1S/C19H17ClN4O3/c1-11-2-6-14(8-15(11)20)21-16(25)10-24-9-13(5-7-17(24)26)19-22-18(23-27-19)12-3-4-12/h2,5-9,12H,3-4,10H2,1H3,(H,21,25). The number of halogens is 1. The van der Waals surface area contributed by atoms with Crippen LogP contribution in [-0.2, 0) is 11.3 Å². The van der Waals surface area contributed by atoms with Crippen LogP contribution < -0.4 is 10.9 Å². The van der Waals surface area contributed by atoms with Gasteiger partial charge in [-0.2, -0.15) is 4.98 Å². The Kier molecular flexibility index (Phi) is 4.53. The normalized spacial score (nSPS) is 13.6. The lowest BCUT2D eigenvalue weighted by Crippen LogP contribution is -2.26. The molecule has 8 heteroatoms. The van der Waals surface area contributed by atoms with E-state index < -0.39 is 0 Å². The molecule has 0 spiro atoms. The molecule has 0 radical (unpaired) electrons. The van der Waals surface area contributed by atoms with Crippen molar-refractivity contribution in [1.29, 1.82) is 0 Å². The van der Waals surface area contributed by atoms with Gasteiger partial charge in [0.1, 0.15) is 6.54 Å². The highest BCUT2D eigenvalue weighted by atomic mass is 35.5. The summed E-state index contributed by atoms with van der Waals surface area (Å²) in [6.45, 7) is 1.74. The Morgan fingerprint density at radius 2 is 2.15 bits per heavy atom. The second kappa shape index (κ2) is 7.00. The SMILES string of the molecule is Cc1ccc(NC(=O)Cn2cc(-c3nc(C4CC4)no3)ccc2=O)cc1Cl. The van der Waals surface area contributed by atoms with Crippen molar-refractivity contribution < 1.29 is 9.32 Å². The summed E-state index contributed by atoms with van der Waals surface area (Å²) in [7, 11) is 0. The summed E-state index contributed by atoms with van der Waals surface area (Å²) in [5, 5.41) is 7.28. The zero-order valence-electron chi connectivity index (χ0n) is 14.6. The van der Waals surface area contributed by atoms with Gasteiger partial charge in [-0.05, 0) is 43.5 Å². The monoisotopic (exact) mass is 384 g/mol. The summed E-state index contributed by atoms with van der Waals surface area (Å²) >= 11 is 6.07. The highest BCUT2D eigenvalue weighted by Crippen LogP contribution is 2.38. The van der Waals surface area contributed by atoms with Crippen LogP contribution in [0.2, 0.25) is 5.02 Å². The average Bonchev–Trinajstić information content (AvgIpc) is 3.37. The van der Waals surface area contributed by atoms with Gasteiger partial charge in [-0.25, -0.2) is 0 Å². The smallest absolute Gasteiger partial charge is 0.259 e. The molecule has 4 rings (SSSR count). The van der Waals surface area contributed by atoms with Crippen molar-refractivity contribution >= 4 is 23.2 Å². The lowest BCUT2D eigenvalue weighted by molar-refractivity contribution is -0.116. The zero-order chi connectivity index (χ0) is 19.0. The topological polar surface area (TPSA) is 90.0 Å². The van der Waals surface area contributed by atoms with Gasteiger partial charge in [-0.1, -0.05) is 22.8 Å². The molecular formula is C19H17ClN4O3. The number of carbonyl (C=O) groups excluding carboxylic acids is 1. The van der Waals surface area contributed by atoms with Gasteiger partial charge < -0.3 is 14.4 Å². The lowest BCUT2D eigenvalue weighted by Gasteiger charge is -2.09. The van der Waals surface area contributed by atoms with E-state index in [1.807, 2.05) is 13.0 Å². The van der Waals surface area contributed by atoms with Crippen LogP contribution in [0.4, 0.5) is 5.69 Å². The number of benzene rings is 1. The molecule has 7 nitrogen and oxygen atoms in total. The number of rotatable bonds is 5. The fourth-order valence-corrected chi connectivity index (χ4v) is 2.85. The zero-order valence-corrected chi connectivity index (χ0v) is 15.4. The van der Waals surface area contributed by atoms with Crippen molar-refractivity contribution in [2.75, 3.05) is 5.32 Å². The number of nitrogens with one attached hydrogen (secondary N) is 1. The van der Waals surface area contributed by atoms with Gasteiger partial charge in [0.05, 0.1) is 5.56 Å². The maximum atomic E-state index is 12.3. The Hall–Kier alpha value is -2.93. The minimum Gasteiger partial charge on any atom is -0.334 e. The summed E-state index contributed by atoms with van der Waals surface area (Å²) in [5.41, 5.74) is 1.80. The molecule has 0 aliphatic heterocycles. The minimum absolute atomic E-state index is 0.137. The van der Waals surface area contributed by atoms with Gasteiger partial charge in [-0.15, -0.1) is 0 Å². The lowest BCUT2D eigenvalue weighted by atomic mass is 10.2. The van der Waals surface area contributed by atoms with E-state index in [0.29, 0.717) is 33.9 Å². The second-order valence-corrected chi connectivity index (χ2v) is 7.04. The van der Waals surface area contributed by atoms with Crippen molar-refractivity contribution in [3.63, 3.8) is 0 Å². The molecule has 1 N–H and O–H groups in total. The molecular weight excluding hydrogens is 368 g/mol. The summed E-state index contributed by atoms with van der Waals surface area (Å²) < 4.78 is 6.59. The van der Waals surface area contributed by atoms with Crippen LogP contribution in [0.1, 0.15) is 30.1 Å². The van der Waals surface area contributed by atoms with Crippen LogP contribution in [0.15, 0.2) is 45.8 Å². The average molecular weight is 385 g/mol. The molecule has 27 heavy (non-hydrogen) atoms. The molecule has 1 saturated carbocycles. The van der Waals surface area contributed by atoms with E-state index in [-0.39, 0.29) is 18.0 Å². The highest BCUT2D eigenvalue weighted by Gasteiger charge is 2.29. The first-order valence-corrected chi connectivity index (χ1v) is 8.98. The van der Waals surface area contributed by atoms with Gasteiger partial charge in [0.15, 0.2) is 5.82 Å². The van der Waals surface area contributed by atoms with E-state index in [1.165, 1.54) is 10.6 Å². The number of carbonyl (C=O) groups is 1. The number of hydrogen-bond donors (Lipinski definition) is 1. The Balaban J connectivity index is 1.51. The van der Waals surface area contributed by atoms with E-state index in [1.54, 1.807) is 24.4 Å². The van der Waals surface area contributed by atoms with Crippen molar-refractivity contribution in [2.45, 2.75) is 32.2 Å². The Morgan fingerprint density at radius 3 is 2.89 bits per heavy atom. The molecule has 2 heterocycles. The van der Waals surface area contributed by atoms with Crippen molar-refractivity contribution in [3.8, 4) is 11.5 Å². The van der Waals surface area contributed by atoms with Crippen LogP contribution >= 0.6 is 11.6 Å². The van der Waals surface area contributed by atoms with Crippen molar-refractivity contribution in [2.24, 2.45) is 0 Å². The van der Waals surface area contributed by atoms with Gasteiger partial charge in [0, 0.05) is 28.9 Å². The number of nitrogens with zero attached hydrogens (tertiary/aromatic N) is 3. The summed E-state index contributed by atoms with van der Waals surface area (Å²) in [6.07, 6.45) is 3.69. The third-order valence-corrected chi connectivity index (χ3v) is 4.79. The molecule has 0 bridgehead atoms. The highest BCUT2D eigenvalue weighted by molar-refractivity contribution is 6.31. The van der Waals surface area contributed by atoms with E-state index in [0.717, 1.165) is 18.4 Å². The van der Waals surface area contributed by atoms with Crippen LogP contribution in [0, 0.1) is 6.92 Å². The Bertz CT molecular complexity index is 1070. The van der Waals surface area contributed by atoms with Gasteiger partial charge >= 0.3 is 0 Å².